The lowest BCUT2D eigenvalue weighted by molar-refractivity contribution is 0.0559. The van der Waals surface area contributed by atoms with E-state index < -0.39 is 16.8 Å². The average Bonchev–Trinajstić information content (AvgIpc) is 2.12. The zero-order valence-electron chi connectivity index (χ0n) is 13.1. The van der Waals surface area contributed by atoms with Crippen molar-refractivity contribution in [2.45, 2.75) is 45.5 Å². The number of hydrogen-bond donors (Lipinski definition) is 0. The van der Waals surface area contributed by atoms with Crippen LogP contribution in [-0.4, -0.2) is 63.7 Å². The van der Waals surface area contributed by atoms with Crippen molar-refractivity contribution in [2.75, 3.05) is 28.2 Å². The van der Waals surface area contributed by atoms with E-state index in [-0.39, 0.29) is 0 Å². The summed E-state index contributed by atoms with van der Waals surface area (Å²) in [4.78, 5) is 0. The van der Waals surface area contributed by atoms with Gasteiger partial charge in [-0.1, -0.05) is 20.3 Å². The third-order valence-electron chi connectivity index (χ3n) is 4.24. The van der Waals surface area contributed by atoms with Gasteiger partial charge < -0.3 is 0 Å². The molecule has 1 saturated heterocycles. The molecule has 1 heterocycles. The van der Waals surface area contributed by atoms with Gasteiger partial charge in [0.1, 0.15) is 0 Å². The fraction of sp³-hybridized carbons (Fsp3) is 1.00. The molecule has 4 nitrogen and oxygen atoms in total. The van der Waals surface area contributed by atoms with Crippen molar-refractivity contribution in [1.82, 2.24) is 18.7 Å². The molecule has 102 valence electrons. The Hall–Kier alpha value is 0.274. The van der Waals surface area contributed by atoms with Crippen LogP contribution < -0.4 is 0 Å². The summed E-state index contributed by atoms with van der Waals surface area (Å²) in [5.41, 5.74) is 0.785. The Morgan fingerprint density at radius 2 is 1.29 bits per heavy atom. The summed E-state index contributed by atoms with van der Waals surface area (Å²) in [6, 6.07) is 0. The van der Waals surface area contributed by atoms with E-state index in [4.69, 9.17) is 0 Å². The second-order valence-electron chi connectivity index (χ2n) is 6.22. The zero-order valence-corrected chi connectivity index (χ0v) is 15.1. The van der Waals surface area contributed by atoms with Crippen LogP contribution in [0.3, 0.4) is 0 Å². The van der Waals surface area contributed by atoms with Crippen molar-refractivity contribution in [3.05, 3.63) is 0 Å². The van der Waals surface area contributed by atoms with Gasteiger partial charge in [0.25, 0.3) is 0 Å². The minimum Gasteiger partial charge on any atom is -0.258 e. The van der Waals surface area contributed by atoms with E-state index >= 15 is 0 Å². The van der Waals surface area contributed by atoms with E-state index in [9.17, 15) is 0 Å². The Balaban J connectivity index is 3.14. The van der Waals surface area contributed by atoms with Crippen LogP contribution in [0, 0.1) is 0 Å². The molecule has 1 fully saturated rings. The van der Waals surface area contributed by atoms with E-state index in [1.165, 1.54) is 6.42 Å². The maximum absolute atomic E-state index is 2.76. The average molecular weight is 275 g/mol. The summed E-state index contributed by atoms with van der Waals surface area (Å²) in [5, 5.41) is 4.70. The normalized spacial score (nSPS) is 26.3. The van der Waals surface area contributed by atoms with E-state index in [0.717, 1.165) is 5.54 Å². The van der Waals surface area contributed by atoms with Crippen molar-refractivity contribution in [2.24, 2.45) is 0 Å². The highest BCUT2D eigenvalue weighted by atomic mass is 28.5. The monoisotopic (exact) mass is 274 g/mol. The number of hydrogen-bond acceptors (Lipinski definition) is 4. The molecule has 0 amide bonds. The first-order valence-corrected chi connectivity index (χ1v) is 11.9. The lowest BCUT2D eigenvalue weighted by atomic mass is 10.4. The van der Waals surface area contributed by atoms with Crippen LogP contribution in [0.2, 0.25) is 25.2 Å². The van der Waals surface area contributed by atoms with Gasteiger partial charge in [-0.25, -0.2) is 0 Å². The molecule has 17 heavy (non-hydrogen) atoms. The quantitative estimate of drug-likeness (QED) is 0.728. The van der Waals surface area contributed by atoms with Crippen LogP contribution in [0.15, 0.2) is 0 Å². The zero-order chi connectivity index (χ0) is 13.6. The minimum absolute atomic E-state index is 0.785. The first-order chi connectivity index (χ1) is 7.61. The van der Waals surface area contributed by atoms with Gasteiger partial charge in [0.05, 0.1) is 0 Å². The Bertz CT molecular complexity index is 263. The van der Waals surface area contributed by atoms with Crippen LogP contribution in [0.5, 0.6) is 0 Å². The van der Waals surface area contributed by atoms with Crippen molar-refractivity contribution >= 4 is 16.8 Å². The Kier molecular flexibility index (Phi) is 4.28. The molecular formula is C11H30N4Si2. The molecule has 0 N–H and O–H groups in total. The molecular weight excluding hydrogens is 244 g/mol. The highest BCUT2D eigenvalue weighted by Crippen LogP contribution is 2.46. The van der Waals surface area contributed by atoms with Crippen LogP contribution in [0.4, 0.5) is 0 Å². The summed E-state index contributed by atoms with van der Waals surface area (Å²) in [6.07, 6.45) is 1.27. The number of rotatable bonds is 4. The molecule has 0 aliphatic carbocycles. The van der Waals surface area contributed by atoms with Gasteiger partial charge in [-0.15, -0.1) is 0 Å². The highest BCUT2D eigenvalue weighted by Gasteiger charge is 2.67. The first-order valence-electron chi connectivity index (χ1n) is 6.56. The van der Waals surface area contributed by atoms with Crippen LogP contribution in [0.25, 0.3) is 0 Å². The number of nitrogens with zero attached hydrogens (tertiary/aromatic N) is 4. The molecule has 6 heteroatoms. The number of hydrazine groups is 2. The summed E-state index contributed by atoms with van der Waals surface area (Å²) in [7, 11) is 5.80. The smallest absolute Gasteiger partial charge is 0.223 e. The fourth-order valence-electron chi connectivity index (χ4n) is 3.84. The standard InChI is InChI=1S/C11H30N4Si2/c1-10-11(2)17(9)14(12(3)4)16(7,8)15(17)13(5)6/h11H,10H2,1-9H3. The lowest BCUT2D eigenvalue weighted by Gasteiger charge is -2.72. The van der Waals surface area contributed by atoms with Crippen molar-refractivity contribution < 1.29 is 0 Å². The fourth-order valence-corrected chi connectivity index (χ4v) is 20.0. The Morgan fingerprint density at radius 1 is 0.941 bits per heavy atom. The second-order valence-corrected chi connectivity index (χ2v) is 15.0. The van der Waals surface area contributed by atoms with Gasteiger partial charge in [-0.2, -0.15) is 0 Å². The molecule has 1 aliphatic heterocycles. The molecule has 0 spiro atoms. The van der Waals surface area contributed by atoms with Gasteiger partial charge in [0.15, 0.2) is 0 Å². The van der Waals surface area contributed by atoms with E-state index in [1.54, 1.807) is 0 Å². The predicted molar refractivity (Wildman–Crippen MR) is 79.9 cm³/mol. The summed E-state index contributed by atoms with van der Waals surface area (Å²) in [5.74, 6) is 0. The van der Waals surface area contributed by atoms with Crippen LogP contribution in [0.1, 0.15) is 20.3 Å². The molecule has 1 atom stereocenters. The van der Waals surface area contributed by atoms with Gasteiger partial charge in [0, 0.05) is 28.2 Å². The topological polar surface area (TPSA) is 13.0 Å². The van der Waals surface area contributed by atoms with E-state index in [2.05, 4.69) is 80.4 Å². The maximum Gasteiger partial charge on any atom is 0.223 e. The van der Waals surface area contributed by atoms with Crippen LogP contribution in [-0.2, 0) is 0 Å². The van der Waals surface area contributed by atoms with Gasteiger partial charge >= 0.3 is 0 Å². The summed E-state index contributed by atoms with van der Waals surface area (Å²) >= 11 is 0. The Labute approximate surface area is 109 Å². The molecule has 1 unspecified atom stereocenters. The van der Waals surface area contributed by atoms with Crippen LogP contribution >= 0.6 is 0 Å². The van der Waals surface area contributed by atoms with E-state index in [0.29, 0.717) is 0 Å². The van der Waals surface area contributed by atoms with E-state index in [1.807, 2.05) is 0 Å². The first kappa shape index (κ1) is 15.3. The molecule has 0 aromatic heterocycles. The molecule has 1 rings (SSSR count). The van der Waals surface area contributed by atoms with Gasteiger partial charge in [-0.05, 0) is 25.2 Å². The maximum atomic E-state index is 2.76. The molecule has 0 radical (unpaired) electrons. The van der Waals surface area contributed by atoms with Gasteiger partial charge in [0.2, 0.25) is 16.8 Å². The molecule has 0 saturated carbocycles. The summed E-state index contributed by atoms with van der Waals surface area (Å²) < 4.78 is 5.52. The minimum atomic E-state index is -1.54. The second kappa shape index (κ2) is 4.75. The van der Waals surface area contributed by atoms with Crippen molar-refractivity contribution in [3.63, 3.8) is 0 Å². The molecule has 0 aromatic rings. The summed E-state index contributed by atoms with van der Waals surface area (Å²) in [6.45, 7) is 12.1. The molecule has 0 aromatic carbocycles. The predicted octanol–water partition coefficient (Wildman–Crippen LogP) is 2.13. The van der Waals surface area contributed by atoms with Gasteiger partial charge in [-0.3, -0.25) is 18.7 Å². The third-order valence-corrected chi connectivity index (χ3v) is 17.9. The largest absolute Gasteiger partial charge is 0.258 e. The third kappa shape index (κ3) is 2.04. The van der Waals surface area contributed by atoms with Crippen molar-refractivity contribution in [1.29, 1.82) is 0 Å². The lowest BCUT2D eigenvalue weighted by Crippen LogP contribution is -2.95. The Morgan fingerprint density at radius 3 is 1.53 bits per heavy atom. The molecule has 0 bridgehead atoms. The van der Waals surface area contributed by atoms with Crippen molar-refractivity contribution in [3.8, 4) is 0 Å². The highest BCUT2D eigenvalue weighted by molar-refractivity contribution is 7.04. The molecule has 1 aliphatic rings. The SMILES string of the molecule is CCC(C)[Si]1(C)N(N(C)C)[Si](C)(C)N1N(C)C.